The molecule has 0 radical (unpaired) electrons. The smallest absolute Gasteiger partial charge is 0.258 e. The van der Waals surface area contributed by atoms with Crippen LogP contribution < -0.4 is 10.6 Å². The molecule has 3 heterocycles. The largest absolute Gasteiger partial charge is 0.378 e. The van der Waals surface area contributed by atoms with E-state index >= 15 is 0 Å². The van der Waals surface area contributed by atoms with E-state index in [9.17, 15) is 4.79 Å². The lowest BCUT2D eigenvalue weighted by Gasteiger charge is -2.29. The number of hydrogen-bond acceptors (Lipinski definition) is 5. The van der Waals surface area contributed by atoms with Crippen LogP contribution in [0.4, 0.5) is 5.69 Å². The molecule has 0 spiro atoms. The maximum absolute atomic E-state index is 11.3. The molecular weight excluding hydrogens is 286 g/mol. The Morgan fingerprint density at radius 3 is 2.84 bits per heavy atom. The lowest BCUT2D eigenvalue weighted by atomic mass is 10.3. The van der Waals surface area contributed by atoms with E-state index < -0.39 is 5.91 Å². The molecule has 0 aromatic carbocycles. The second kappa shape index (κ2) is 4.96. The first kappa shape index (κ1) is 12.7. The zero-order chi connectivity index (χ0) is 13.4. The third kappa shape index (κ3) is 2.39. The van der Waals surface area contributed by atoms with E-state index in [0.717, 1.165) is 23.5 Å². The van der Waals surface area contributed by atoms with Gasteiger partial charge >= 0.3 is 0 Å². The van der Waals surface area contributed by atoms with Gasteiger partial charge in [0.15, 0.2) is 0 Å². The number of primary amides is 1. The highest BCUT2D eigenvalue weighted by Crippen LogP contribution is 2.35. The summed E-state index contributed by atoms with van der Waals surface area (Å²) in [4.78, 5) is 18.2. The van der Waals surface area contributed by atoms with Crippen molar-refractivity contribution in [3.05, 3.63) is 22.2 Å². The molecule has 0 atom stereocenters. The summed E-state index contributed by atoms with van der Waals surface area (Å²) in [5.41, 5.74) is 7.03. The molecule has 0 saturated carbocycles. The predicted octanol–water partition coefficient (Wildman–Crippen LogP) is 1.89. The van der Waals surface area contributed by atoms with Crippen LogP contribution in [0, 0.1) is 0 Å². The zero-order valence-electron chi connectivity index (χ0n) is 10.1. The van der Waals surface area contributed by atoms with Gasteiger partial charge in [-0.1, -0.05) is 11.6 Å². The van der Waals surface area contributed by atoms with Gasteiger partial charge in [0, 0.05) is 19.2 Å². The average molecular weight is 298 g/mol. The quantitative estimate of drug-likeness (QED) is 0.860. The van der Waals surface area contributed by atoms with E-state index in [2.05, 4.69) is 9.88 Å². The van der Waals surface area contributed by atoms with Gasteiger partial charge in [0.25, 0.3) is 5.91 Å². The van der Waals surface area contributed by atoms with Gasteiger partial charge in [-0.2, -0.15) is 0 Å². The maximum atomic E-state index is 11.3. The minimum Gasteiger partial charge on any atom is -0.378 e. The number of hydrogen-bond donors (Lipinski definition) is 1. The number of fused-ring (bicyclic) bond motifs is 1. The van der Waals surface area contributed by atoms with Gasteiger partial charge in [-0.3, -0.25) is 4.79 Å². The number of carbonyl (C=O) groups is 1. The van der Waals surface area contributed by atoms with Crippen molar-refractivity contribution in [3.63, 3.8) is 0 Å². The molecule has 0 unspecified atom stereocenters. The van der Waals surface area contributed by atoms with Crippen molar-refractivity contribution in [3.8, 4) is 0 Å². The SMILES string of the molecule is NC(=O)c1cc2nc(Cl)cc(N3CCOCC3)c2s1. The second-order valence-corrected chi connectivity index (χ2v) is 5.69. The van der Waals surface area contributed by atoms with E-state index in [-0.39, 0.29) is 0 Å². The summed E-state index contributed by atoms with van der Waals surface area (Å²) in [5.74, 6) is -0.438. The molecule has 1 aliphatic rings. The Kier molecular flexibility index (Phi) is 3.30. The Balaban J connectivity index is 2.13. The van der Waals surface area contributed by atoms with Crippen molar-refractivity contribution >= 4 is 44.7 Å². The van der Waals surface area contributed by atoms with Crippen molar-refractivity contribution in [2.45, 2.75) is 0 Å². The maximum Gasteiger partial charge on any atom is 0.258 e. The Morgan fingerprint density at radius 1 is 1.42 bits per heavy atom. The number of ether oxygens (including phenoxy) is 1. The van der Waals surface area contributed by atoms with Crippen LogP contribution >= 0.6 is 22.9 Å². The first-order chi connectivity index (χ1) is 9.15. The third-order valence-electron chi connectivity index (χ3n) is 3.02. The fourth-order valence-corrected chi connectivity index (χ4v) is 3.32. The Morgan fingerprint density at radius 2 is 2.16 bits per heavy atom. The number of nitrogens with two attached hydrogens (primary N) is 1. The van der Waals surface area contributed by atoms with Gasteiger partial charge in [0.1, 0.15) is 5.15 Å². The highest BCUT2D eigenvalue weighted by Gasteiger charge is 2.18. The molecule has 7 heteroatoms. The molecule has 5 nitrogen and oxygen atoms in total. The summed E-state index contributed by atoms with van der Waals surface area (Å²) in [7, 11) is 0. The number of aromatic nitrogens is 1. The van der Waals surface area contributed by atoms with Crippen molar-refractivity contribution in [1.29, 1.82) is 0 Å². The number of pyridine rings is 1. The highest BCUT2D eigenvalue weighted by atomic mass is 35.5. The summed E-state index contributed by atoms with van der Waals surface area (Å²) < 4.78 is 6.29. The van der Waals surface area contributed by atoms with Crippen LogP contribution in [0.5, 0.6) is 0 Å². The lowest BCUT2D eigenvalue weighted by Crippen LogP contribution is -2.36. The van der Waals surface area contributed by atoms with E-state index in [1.165, 1.54) is 11.3 Å². The van der Waals surface area contributed by atoms with E-state index in [1.54, 1.807) is 6.07 Å². The summed E-state index contributed by atoms with van der Waals surface area (Å²) in [5, 5.41) is 0.419. The molecule has 2 aromatic rings. The number of anilines is 1. The molecule has 2 N–H and O–H groups in total. The molecule has 2 aromatic heterocycles. The molecule has 1 saturated heterocycles. The predicted molar refractivity (Wildman–Crippen MR) is 76.2 cm³/mol. The molecule has 100 valence electrons. The summed E-state index contributed by atoms with van der Waals surface area (Å²) in [6.07, 6.45) is 0. The number of nitrogens with zero attached hydrogens (tertiary/aromatic N) is 2. The number of amides is 1. The van der Waals surface area contributed by atoms with Gasteiger partial charge in [0.2, 0.25) is 0 Å². The number of carbonyl (C=O) groups excluding carboxylic acids is 1. The lowest BCUT2D eigenvalue weighted by molar-refractivity contribution is 0.100. The summed E-state index contributed by atoms with van der Waals surface area (Å²) >= 11 is 7.41. The third-order valence-corrected chi connectivity index (χ3v) is 4.38. The highest BCUT2D eigenvalue weighted by molar-refractivity contribution is 7.21. The van der Waals surface area contributed by atoms with Gasteiger partial charge in [-0.25, -0.2) is 4.98 Å². The molecule has 3 rings (SSSR count). The minimum atomic E-state index is -0.438. The van der Waals surface area contributed by atoms with Crippen LogP contribution in [-0.2, 0) is 4.74 Å². The number of thiophene rings is 1. The normalized spacial score (nSPS) is 15.9. The molecule has 0 bridgehead atoms. The standard InChI is InChI=1S/C12H12ClN3O2S/c13-10-6-8(16-1-3-18-4-2-16)11-7(15-10)5-9(19-11)12(14)17/h5-6H,1-4H2,(H2,14,17). The van der Waals surface area contributed by atoms with Crippen molar-refractivity contribution in [1.82, 2.24) is 4.98 Å². The average Bonchev–Trinajstić information content (AvgIpc) is 2.82. The number of rotatable bonds is 2. The first-order valence-electron chi connectivity index (χ1n) is 5.88. The first-order valence-corrected chi connectivity index (χ1v) is 7.07. The second-order valence-electron chi connectivity index (χ2n) is 4.25. The topological polar surface area (TPSA) is 68.5 Å². The summed E-state index contributed by atoms with van der Waals surface area (Å²) in [6.45, 7) is 2.99. The van der Waals surface area contributed by atoms with Crippen LogP contribution in [0.3, 0.4) is 0 Å². The van der Waals surface area contributed by atoms with E-state index in [0.29, 0.717) is 28.8 Å². The van der Waals surface area contributed by atoms with Crippen molar-refractivity contribution < 1.29 is 9.53 Å². The van der Waals surface area contributed by atoms with Crippen LogP contribution in [0.1, 0.15) is 9.67 Å². The Bertz CT molecular complexity index is 637. The van der Waals surface area contributed by atoms with Crippen LogP contribution in [0.25, 0.3) is 10.2 Å². The Labute approximate surface area is 118 Å². The van der Waals surface area contributed by atoms with Crippen LogP contribution in [0.15, 0.2) is 12.1 Å². The van der Waals surface area contributed by atoms with Gasteiger partial charge in [0.05, 0.1) is 34.0 Å². The van der Waals surface area contributed by atoms with Crippen molar-refractivity contribution in [2.75, 3.05) is 31.2 Å². The number of morpholine rings is 1. The van der Waals surface area contributed by atoms with Gasteiger partial charge in [-0.15, -0.1) is 11.3 Å². The van der Waals surface area contributed by atoms with Crippen LogP contribution in [-0.4, -0.2) is 37.2 Å². The monoisotopic (exact) mass is 297 g/mol. The van der Waals surface area contributed by atoms with Crippen molar-refractivity contribution in [2.24, 2.45) is 5.73 Å². The molecule has 0 aliphatic carbocycles. The summed E-state index contributed by atoms with van der Waals surface area (Å²) in [6, 6.07) is 3.52. The van der Waals surface area contributed by atoms with Crippen LogP contribution in [0.2, 0.25) is 5.15 Å². The molecule has 1 amide bonds. The number of halogens is 1. The minimum absolute atomic E-state index is 0.419. The molecule has 1 aliphatic heterocycles. The van der Waals surface area contributed by atoms with Gasteiger partial charge < -0.3 is 15.4 Å². The van der Waals surface area contributed by atoms with E-state index in [1.807, 2.05) is 6.07 Å². The fourth-order valence-electron chi connectivity index (χ4n) is 2.13. The molecular formula is C12H12ClN3O2S. The molecule has 19 heavy (non-hydrogen) atoms. The fraction of sp³-hybridized carbons (Fsp3) is 0.333. The van der Waals surface area contributed by atoms with Gasteiger partial charge in [-0.05, 0) is 6.07 Å². The Hall–Kier alpha value is -1.37. The zero-order valence-corrected chi connectivity index (χ0v) is 11.6. The van der Waals surface area contributed by atoms with E-state index in [4.69, 9.17) is 22.1 Å². The molecule has 1 fully saturated rings.